The van der Waals surface area contributed by atoms with Gasteiger partial charge in [-0.2, -0.15) is 0 Å². The van der Waals surface area contributed by atoms with E-state index in [4.69, 9.17) is 20.4 Å². The smallest absolute Gasteiger partial charge is 0.157 e. The number of benzene rings is 2. The highest BCUT2D eigenvalue weighted by atomic mass is 16.5. The Morgan fingerprint density at radius 3 is 2.43 bits per heavy atom. The van der Waals surface area contributed by atoms with Gasteiger partial charge in [0.1, 0.15) is 23.0 Å². The Labute approximate surface area is 205 Å². The standard InChI is InChI=1S/C29H25N5O/c1-5-7-20-14-22(17-31-16-20)21-8-6-9-23(15-21)29(24-12-18(2)26(35-4)19(3)13-24)27-25(28(30)34-29)32-10-11-33-27/h6,8-17H,1-4H3,(H2,30,34)/t29-/m1/s1. The maximum absolute atomic E-state index is 6.43. The summed E-state index contributed by atoms with van der Waals surface area (Å²) in [7, 11) is 1.69. The van der Waals surface area contributed by atoms with Crippen LogP contribution < -0.4 is 10.5 Å². The average Bonchev–Trinajstić information content (AvgIpc) is 3.18. The molecule has 2 N–H and O–H groups in total. The van der Waals surface area contributed by atoms with Crippen LogP contribution in [0.2, 0.25) is 0 Å². The number of methoxy groups -OCH3 is 1. The van der Waals surface area contributed by atoms with Crippen LogP contribution in [0.15, 0.2) is 72.2 Å². The maximum Gasteiger partial charge on any atom is 0.157 e. The molecule has 0 amide bonds. The molecule has 172 valence electrons. The monoisotopic (exact) mass is 459 g/mol. The Bertz CT molecular complexity index is 1520. The minimum Gasteiger partial charge on any atom is -0.496 e. The SMILES string of the molecule is CC#Cc1cncc(-c2cccc([C@]3(c4cc(C)c(OC)c(C)c4)N=C(N)c4nccnc43)c2)c1. The predicted octanol–water partition coefficient (Wildman–Crippen LogP) is 4.55. The van der Waals surface area contributed by atoms with E-state index in [2.05, 4.69) is 52.1 Å². The molecule has 1 atom stereocenters. The normalized spacial score (nSPS) is 16.2. The Hall–Kier alpha value is -4.50. The number of nitrogens with two attached hydrogens (primary N) is 1. The zero-order chi connectivity index (χ0) is 24.6. The molecule has 2 aromatic heterocycles. The van der Waals surface area contributed by atoms with Crippen molar-refractivity contribution in [1.82, 2.24) is 15.0 Å². The molecule has 6 nitrogen and oxygen atoms in total. The lowest BCUT2D eigenvalue weighted by atomic mass is 9.79. The fourth-order valence-corrected chi connectivity index (χ4v) is 4.86. The highest BCUT2D eigenvalue weighted by molar-refractivity contribution is 6.01. The first-order chi connectivity index (χ1) is 17.0. The first-order valence-corrected chi connectivity index (χ1v) is 11.3. The number of pyridine rings is 1. The van der Waals surface area contributed by atoms with E-state index >= 15 is 0 Å². The molecule has 2 aromatic carbocycles. The number of aryl methyl sites for hydroxylation is 2. The van der Waals surface area contributed by atoms with Crippen molar-refractivity contribution in [1.29, 1.82) is 0 Å². The van der Waals surface area contributed by atoms with Crippen molar-refractivity contribution in [2.45, 2.75) is 26.3 Å². The quantitative estimate of drug-likeness (QED) is 0.453. The number of rotatable bonds is 4. The maximum atomic E-state index is 6.43. The summed E-state index contributed by atoms with van der Waals surface area (Å²) < 4.78 is 5.62. The Morgan fingerprint density at radius 2 is 1.69 bits per heavy atom. The number of ether oxygens (including phenoxy) is 1. The molecular formula is C29H25N5O. The number of nitrogens with zero attached hydrogens (tertiary/aromatic N) is 4. The summed E-state index contributed by atoms with van der Waals surface area (Å²) in [5.41, 5.74) is 13.6. The van der Waals surface area contributed by atoms with Crippen molar-refractivity contribution in [3.05, 3.63) is 106 Å². The second-order valence-electron chi connectivity index (χ2n) is 8.52. The van der Waals surface area contributed by atoms with Crippen molar-refractivity contribution in [3.63, 3.8) is 0 Å². The third kappa shape index (κ3) is 3.62. The van der Waals surface area contributed by atoms with Crippen molar-refractivity contribution in [3.8, 4) is 28.7 Å². The fourth-order valence-electron chi connectivity index (χ4n) is 4.86. The molecule has 0 saturated heterocycles. The zero-order valence-electron chi connectivity index (χ0n) is 20.1. The molecule has 35 heavy (non-hydrogen) atoms. The summed E-state index contributed by atoms with van der Waals surface area (Å²) in [6.45, 7) is 5.88. The van der Waals surface area contributed by atoms with E-state index in [-0.39, 0.29) is 0 Å². The van der Waals surface area contributed by atoms with E-state index in [1.165, 1.54) is 0 Å². The van der Waals surface area contributed by atoms with Crippen LogP contribution in [0.5, 0.6) is 5.75 Å². The molecular weight excluding hydrogens is 434 g/mol. The molecule has 0 fully saturated rings. The highest BCUT2D eigenvalue weighted by Gasteiger charge is 2.45. The average molecular weight is 460 g/mol. The van der Waals surface area contributed by atoms with E-state index in [1.54, 1.807) is 25.7 Å². The lowest BCUT2D eigenvalue weighted by molar-refractivity contribution is 0.408. The minimum atomic E-state index is -0.945. The van der Waals surface area contributed by atoms with Gasteiger partial charge in [-0.1, -0.05) is 24.1 Å². The van der Waals surface area contributed by atoms with E-state index in [0.717, 1.165) is 44.7 Å². The van der Waals surface area contributed by atoms with Gasteiger partial charge >= 0.3 is 0 Å². The molecule has 0 saturated carbocycles. The summed E-state index contributed by atoms with van der Waals surface area (Å²) >= 11 is 0. The van der Waals surface area contributed by atoms with Crippen LogP contribution in [0, 0.1) is 25.7 Å². The summed E-state index contributed by atoms with van der Waals surface area (Å²) in [6.07, 6.45) is 6.94. The van der Waals surface area contributed by atoms with E-state index in [9.17, 15) is 0 Å². The van der Waals surface area contributed by atoms with Gasteiger partial charge in [-0.15, -0.1) is 5.92 Å². The number of hydrogen-bond donors (Lipinski definition) is 1. The van der Waals surface area contributed by atoms with Gasteiger partial charge < -0.3 is 10.5 Å². The second kappa shape index (κ2) is 8.69. The van der Waals surface area contributed by atoms with Gasteiger partial charge in [0.25, 0.3) is 0 Å². The summed E-state index contributed by atoms with van der Waals surface area (Å²) in [5.74, 6) is 7.24. The minimum absolute atomic E-state index is 0.367. The van der Waals surface area contributed by atoms with E-state index < -0.39 is 5.54 Å². The van der Waals surface area contributed by atoms with Crippen molar-refractivity contribution >= 4 is 5.84 Å². The first kappa shape index (κ1) is 22.3. The number of fused-ring (bicyclic) bond motifs is 1. The van der Waals surface area contributed by atoms with Crippen LogP contribution in [0.4, 0.5) is 0 Å². The van der Waals surface area contributed by atoms with Crippen LogP contribution in [0.1, 0.15) is 46.1 Å². The molecule has 1 aliphatic heterocycles. The number of aromatic nitrogens is 3. The molecule has 3 heterocycles. The van der Waals surface area contributed by atoms with Crippen LogP contribution in [0.3, 0.4) is 0 Å². The van der Waals surface area contributed by atoms with Crippen LogP contribution >= 0.6 is 0 Å². The van der Waals surface area contributed by atoms with Gasteiger partial charge in [-0.25, -0.2) is 9.98 Å². The Kier molecular flexibility index (Phi) is 5.54. The summed E-state index contributed by atoms with van der Waals surface area (Å²) in [6, 6.07) is 14.5. The van der Waals surface area contributed by atoms with Crippen LogP contribution in [-0.4, -0.2) is 27.9 Å². The van der Waals surface area contributed by atoms with Gasteiger partial charge in [0.2, 0.25) is 0 Å². The number of amidine groups is 1. The van der Waals surface area contributed by atoms with E-state index in [0.29, 0.717) is 17.2 Å². The molecule has 0 aliphatic carbocycles. The topological polar surface area (TPSA) is 86.3 Å². The van der Waals surface area contributed by atoms with Crippen LogP contribution in [-0.2, 0) is 5.54 Å². The summed E-state index contributed by atoms with van der Waals surface area (Å²) in [5, 5.41) is 0. The van der Waals surface area contributed by atoms with Gasteiger partial charge in [0.05, 0.1) is 7.11 Å². The highest BCUT2D eigenvalue weighted by Crippen LogP contribution is 2.46. The fraction of sp³-hybridized carbons (Fsp3) is 0.172. The molecule has 0 unspecified atom stereocenters. The zero-order valence-corrected chi connectivity index (χ0v) is 20.1. The largest absolute Gasteiger partial charge is 0.496 e. The Morgan fingerprint density at radius 1 is 0.914 bits per heavy atom. The third-order valence-corrected chi connectivity index (χ3v) is 6.28. The first-order valence-electron chi connectivity index (χ1n) is 11.3. The Balaban J connectivity index is 1.78. The second-order valence-corrected chi connectivity index (χ2v) is 8.52. The van der Waals surface area contributed by atoms with E-state index in [1.807, 2.05) is 39.1 Å². The number of hydrogen-bond acceptors (Lipinski definition) is 6. The van der Waals surface area contributed by atoms with Crippen molar-refractivity contribution in [2.75, 3.05) is 7.11 Å². The van der Waals surface area contributed by atoms with Gasteiger partial charge in [0.15, 0.2) is 5.54 Å². The van der Waals surface area contributed by atoms with Crippen molar-refractivity contribution in [2.24, 2.45) is 10.7 Å². The van der Waals surface area contributed by atoms with Crippen LogP contribution in [0.25, 0.3) is 11.1 Å². The molecule has 4 aromatic rings. The molecule has 5 rings (SSSR count). The predicted molar refractivity (Wildman–Crippen MR) is 137 cm³/mol. The lowest BCUT2D eigenvalue weighted by Gasteiger charge is -2.29. The molecule has 0 radical (unpaired) electrons. The third-order valence-electron chi connectivity index (χ3n) is 6.28. The molecule has 6 heteroatoms. The van der Waals surface area contributed by atoms with Gasteiger partial charge in [-0.05, 0) is 72.9 Å². The number of aliphatic imine (C=N–C) groups is 1. The van der Waals surface area contributed by atoms with Crippen molar-refractivity contribution < 1.29 is 4.74 Å². The lowest BCUT2D eigenvalue weighted by Crippen LogP contribution is -2.27. The molecule has 0 bridgehead atoms. The molecule has 1 aliphatic rings. The van der Waals surface area contributed by atoms with Gasteiger partial charge in [0, 0.05) is 35.9 Å². The summed E-state index contributed by atoms with van der Waals surface area (Å²) in [4.78, 5) is 18.7. The van der Waals surface area contributed by atoms with Gasteiger partial charge in [-0.3, -0.25) is 9.97 Å². The molecule has 0 spiro atoms.